The van der Waals surface area contributed by atoms with Crippen molar-refractivity contribution < 1.29 is 9.53 Å². The number of rotatable bonds is 4. The highest BCUT2D eigenvalue weighted by Crippen LogP contribution is 2.37. The number of allylic oxidation sites excluding steroid dienone is 1. The zero-order valence-electron chi connectivity index (χ0n) is 14.4. The number of hydrogen-bond acceptors (Lipinski definition) is 5. The molecule has 5 nitrogen and oxygen atoms in total. The number of carbonyl (C=O) groups is 1. The van der Waals surface area contributed by atoms with E-state index in [0.717, 1.165) is 16.9 Å². The highest BCUT2D eigenvalue weighted by molar-refractivity contribution is 8.18. The van der Waals surface area contributed by atoms with E-state index in [1.807, 2.05) is 56.3 Å². The molecule has 0 unspecified atom stereocenters. The minimum Gasteiger partial charge on any atom is -0.497 e. The molecule has 0 radical (unpaired) electrons. The van der Waals surface area contributed by atoms with Crippen LogP contribution in [0, 0.1) is 0 Å². The van der Waals surface area contributed by atoms with Crippen molar-refractivity contribution in [2.24, 2.45) is 4.99 Å². The van der Waals surface area contributed by atoms with E-state index in [4.69, 9.17) is 4.74 Å². The Hall–Kier alpha value is -2.60. The van der Waals surface area contributed by atoms with E-state index in [2.05, 4.69) is 9.98 Å². The average Bonchev–Trinajstić information content (AvgIpc) is 2.97. The highest BCUT2D eigenvalue weighted by atomic mass is 32.2. The molecule has 6 heteroatoms. The Balaban J connectivity index is 2.00. The van der Waals surface area contributed by atoms with Crippen LogP contribution in [0.25, 0.3) is 5.57 Å². The molecule has 0 saturated carbocycles. The number of nitrogens with zero attached hydrogens (tertiary/aromatic N) is 3. The number of likely N-dealkylation sites (N-methyl/N-ethyl adjacent to an activating group) is 1. The first-order valence-corrected chi connectivity index (χ1v) is 8.80. The normalized spacial score (nSPS) is 18.0. The third-order valence-electron chi connectivity index (χ3n) is 3.88. The monoisotopic (exact) mass is 353 g/mol. The maximum Gasteiger partial charge on any atom is 0.267 e. The summed E-state index contributed by atoms with van der Waals surface area (Å²) in [5.41, 5.74) is 1.88. The number of benzene rings is 1. The summed E-state index contributed by atoms with van der Waals surface area (Å²) in [5.74, 6) is 1.33. The molecule has 1 amide bonds. The third kappa shape index (κ3) is 3.58. The molecule has 0 atom stereocenters. The van der Waals surface area contributed by atoms with E-state index in [1.165, 1.54) is 11.8 Å². The minimum atomic E-state index is -0.0255. The smallest absolute Gasteiger partial charge is 0.267 e. The topological polar surface area (TPSA) is 54.8 Å². The molecule has 2 heterocycles. The van der Waals surface area contributed by atoms with Crippen LogP contribution in [0.15, 0.2) is 58.6 Å². The van der Waals surface area contributed by atoms with Gasteiger partial charge in [-0.05, 0) is 61.0 Å². The van der Waals surface area contributed by atoms with Crippen molar-refractivity contribution in [2.75, 3.05) is 13.7 Å². The van der Waals surface area contributed by atoms with Crippen LogP contribution in [0.3, 0.4) is 0 Å². The maximum atomic E-state index is 12.8. The summed E-state index contributed by atoms with van der Waals surface area (Å²) in [6.07, 6.45) is 1.69. The van der Waals surface area contributed by atoms with Gasteiger partial charge in [-0.15, -0.1) is 0 Å². The lowest BCUT2D eigenvalue weighted by Crippen LogP contribution is -2.28. The maximum absolute atomic E-state index is 12.8. The number of amides is 1. The van der Waals surface area contributed by atoms with Gasteiger partial charge < -0.3 is 4.74 Å². The average molecular weight is 353 g/mol. The summed E-state index contributed by atoms with van der Waals surface area (Å²) >= 11 is 1.39. The molecule has 1 saturated heterocycles. The lowest BCUT2D eigenvalue weighted by atomic mass is 10.1. The first-order chi connectivity index (χ1) is 12.1. The Morgan fingerprint density at radius 2 is 2.12 bits per heavy atom. The van der Waals surface area contributed by atoms with Crippen molar-refractivity contribution in [1.82, 2.24) is 9.88 Å². The summed E-state index contributed by atoms with van der Waals surface area (Å²) in [7, 11) is 1.63. The Morgan fingerprint density at radius 1 is 1.28 bits per heavy atom. The van der Waals surface area contributed by atoms with Crippen LogP contribution < -0.4 is 4.74 Å². The SMILES string of the molecule is CCN1C(=O)/C(=C(\C)c2cccc(OC)c2)S/C1=N/c1ccccn1. The van der Waals surface area contributed by atoms with Gasteiger partial charge in [-0.2, -0.15) is 0 Å². The van der Waals surface area contributed by atoms with E-state index in [0.29, 0.717) is 22.4 Å². The van der Waals surface area contributed by atoms with Gasteiger partial charge in [-0.25, -0.2) is 9.98 Å². The zero-order chi connectivity index (χ0) is 17.8. The highest BCUT2D eigenvalue weighted by Gasteiger charge is 2.34. The first-order valence-electron chi connectivity index (χ1n) is 7.98. The van der Waals surface area contributed by atoms with Crippen molar-refractivity contribution in [2.45, 2.75) is 13.8 Å². The molecule has 1 aliphatic rings. The zero-order valence-corrected chi connectivity index (χ0v) is 15.2. The van der Waals surface area contributed by atoms with E-state index >= 15 is 0 Å². The summed E-state index contributed by atoms with van der Waals surface area (Å²) in [4.78, 5) is 23.9. The largest absolute Gasteiger partial charge is 0.497 e. The summed E-state index contributed by atoms with van der Waals surface area (Å²) in [6.45, 7) is 4.45. The molecule has 0 aliphatic carbocycles. The number of pyridine rings is 1. The molecule has 0 bridgehead atoms. The molecule has 1 aromatic carbocycles. The van der Waals surface area contributed by atoms with Gasteiger partial charge in [0, 0.05) is 12.7 Å². The Bertz CT molecular complexity index is 847. The molecule has 1 aromatic heterocycles. The number of hydrogen-bond donors (Lipinski definition) is 0. The van der Waals surface area contributed by atoms with Crippen LogP contribution >= 0.6 is 11.8 Å². The predicted molar refractivity (Wildman–Crippen MR) is 102 cm³/mol. The van der Waals surface area contributed by atoms with Crippen LogP contribution in [0.2, 0.25) is 0 Å². The van der Waals surface area contributed by atoms with Gasteiger partial charge in [0.15, 0.2) is 11.0 Å². The third-order valence-corrected chi connectivity index (χ3v) is 5.06. The van der Waals surface area contributed by atoms with E-state index in [9.17, 15) is 4.79 Å². The van der Waals surface area contributed by atoms with Crippen LogP contribution in [0.1, 0.15) is 19.4 Å². The van der Waals surface area contributed by atoms with Gasteiger partial charge in [0.25, 0.3) is 5.91 Å². The molecule has 0 N–H and O–H groups in total. The summed E-state index contributed by atoms with van der Waals surface area (Å²) < 4.78 is 5.28. The van der Waals surface area contributed by atoms with Gasteiger partial charge in [0.05, 0.1) is 12.0 Å². The molecule has 0 spiro atoms. The van der Waals surface area contributed by atoms with Gasteiger partial charge in [0.1, 0.15) is 5.75 Å². The number of carbonyl (C=O) groups excluding carboxylic acids is 1. The van der Waals surface area contributed by atoms with Crippen molar-refractivity contribution in [3.8, 4) is 5.75 Å². The Kier molecular flexibility index (Phi) is 5.19. The van der Waals surface area contributed by atoms with Crippen molar-refractivity contribution >= 4 is 34.2 Å². The fourth-order valence-corrected chi connectivity index (χ4v) is 3.62. The molecule has 3 rings (SSSR count). The number of ether oxygens (including phenoxy) is 1. The second-order valence-corrected chi connectivity index (χ2v) is 6.40. The Labute approximate surface area is 151 Å². The van der Waals surface area contributed by atoms with Crippen LogP contribution in [-0.4, -0.2) is 34.6 Å². The summed E-state index contributed by atoms with van der Waals surface area (Å²) in [6, 6.07) is 13.3. The lowest BCUT2D eigenvalue weighted by molar-refractivity contribution is -0.122. The van der Waals surface area contributed by atoms with Crippen molar-refractivity contribution in [1.29, 1.82) is 0 Å². The van der Waals surface area contributed by atoms with Crippen molar-refractivity contribution in [3.05, 3.63) is 59.1 Å². The molecular formula is C19H19N3O2S. The second kappa shape index (κ2) is 7.53. The van der Waals surface area contributed by atoms with Crippen molar-refractivity contribution in [3.63, 3.8) is 0 Å². The number of methoxy groups -OCH3 is 1. The van der Waals surface area contributed by atoms with Crippen LogP contribution in [-0.2, 0) is 4.79 Å². The number of amidine groups is 1. The van der Waals surface area contributed by atoms with E-state index in [-0.39, 0.29) is 5.91 Å². The first kappa shape index (κ1) is 17.2. The molecule has 1 aliphatic heterocycles. The van der Waals surface area contributed by atoms with Crippen LogP contribution in [0.5, 0.6) is 5.75 Å². The van der Waals surface area contributed by atoms with E-state index in [1.54, 1.807) is 18.2 Å². The standard InChI is InChI=1S/C19H19N3O2S/c1-4-22-18(23)17(13(2)14-8-7-9-15(12-14)24-3)25-19(22)21-16-10-5-6-11-20-16/h5-12H,4H2,1-3H3/b17-13-,21-19+. The quantitative estimate of drug-likeness (QED) is 0.777. The van der Waals surface area contributed by atoms with Gasteiger partial charge in [-0.3, -0.25) is 9.69 Å². The fraction of sp³-hybridized carbons (Fsp3) is 0.211. The molecular weight excluding hydrogens is 334 g/mol. The number of aliphatic imine (C=N–C) groups is 1. The summed E-state index contributed by atoms with van der Waals surface area (Å²) in [5, 5.41) is 0.656. The Morgan fingerprint density at radius 3 is 2.80 bits per heavy atom. The number of thioether (sulfide) groups is 1. The molecule has 1 fully saturated rings. The lowest BCUT2D eigenvalue weighted by Gasteiger charge is -2.12. The van der Waals surface area contributed by atoms with Gasteiger partial charge in [-0.1, -0.05) is 18.2 Å². The fourth-order valence-electron chi connectivity index (χ4n) is 2.50. The predicted octanol–water partition coefficient (Wildman–Crippen LogP) is 4.10. The molecule has 2 aromatic rings. The van der Waals surface area contributed by atoms with Gasteiger partial charge in [0.2, 0.25) is 0 Å². The van der Waals surface area contributed by atoms with Crippen LogP contribution in [0.4, 0.5) is 5.82 Å². The van der Waals surface area contributed by atoms with E-state index < -0.39 is 0 Å². The van der Waals surface area contributed by atoms with Gasteiger partial charge >= 0.3 is 0 Å². The second-order valence-electron chi connectivity index (χ2n) is 5.42. The minimum absolute atomic E-state index is 0.0255. The molecule has 25 heavy (non-hydrogen) atoms. The molecule has 128 valence electrons. The number of aromatic nitrogens is 1.